The SMILES string of the molecule is CCOc1ccc(C(=O)N2CCC(NC(=O)CSc3ccc(C(C)(C)C)cc3)CC2)cc1. The lowest BCUT2D eigenvalue weighted by Gasteiger charge is -2.32. The van der Waals surface area contributed by atoms with Crippen LogP contribution in [0.1, 0.15) is 56.5 Å². The van der Waals surface area contributed by atoms with Gasteiger partial charge in [-0.05, 0) is 67.1 Å². The molecule has 0 bridgehead atoms. The van der Waals surface area contributed by atoms with Gasteiger partial charge in [-0.15, -0.1) is 11.8 Å². The van der Waals surface area contributed by atoms with Crippen molar-refractivity contribution in [1.29, 1.82) is 0 Å². The van der Waals surface area contributed by atoms with Crippen LogP contribution in [0.5, 0.6) is 5.75 Å². The first-order valence-electron chi connectivity index (χ1n) is 11.3. The Morgan fingerprint density at radius 1 is 1.03 bits per heavy atom. The van der Waals surface area contributed by atoms with Crippen LogP contribution in [0, 0.1) is 0 Å². The number of piperidine rings is 1. The minimum absolute atomic E-state index is 0.0343. The van der Waals surface area contributed by atoms with E-state index in [0.29, 0.717) is 31.0 Å². The van der Waals surface area contributed by atoms with E-state index in [4.69, 9.17) is 4.74 Å². The number of nitrogens with zero attached hydrogens (tertiary/aromatic N) is 1. The quantitative estimate of drug-likeness (QED) is 0.605. The fourth-order valence-corrected chi connectivity index (χ4v) is 4.45. The molecular weight excluding hydrogens is 420 g/mol. The molecule has 0 saturated carbocycles. The summed E-state index contributed by atoms with van der Waals surface area (Å²) in [4.78, 5) is 28.1. The fourth-order valence-electron chi connectivity index (χ4n) is 3.74. The van der Waals surface area contributed by atoms with E-state index in [0.717, 1.165) is 23.5 Å². The second-order valence-electron chi connectivity index (χ2n) is 9.15. The third-order valence-electron chi connectivity index (χ3n) is 5.65. The molecule has 0 unspecified atom stereocenters. The Bertz CT molecular complexity index is 896. The minimum atomic E-state index is 0.0343. The Morgan fingerprint density at radius 3 is 2.22 bits per heavy atom. The van der Waals surface area contributed by atoms with Gasteiger partial charge in [-0.25, -0.2) is 0 Å². The zero-order valence-electron chi connectivity index (χ0n) is 19.5. The fraction of sp³-hybridized carbons (Fsp3) is 0.462. The molecule has 0 aromatic heterocycles. The number of amides is 2. The van der Waals surface area contributed by atoms with Gasteiger partial charge < -0.3 is 15.0 Å². The van der Waals surface area contributed by atoms with Crippen LogP contribution in [0.15, 0.2) is 53.4 Å². The summed E-state index contributed by atoms with van der Waals surface area (Å²) in [5, 5.41) is 3.13. The van der Waals surface area contributed by atoms with Gasteiger partial charge in [-0.3, -0.25) is 9.59 Å². The summed E-state index contributed by atoms with van der Waals surface area (Å²) in [7, 11) is 0. The van der Waals surface area contributed by atoms with Crippen molar-refractivity contribution < 1.29 is 14.3 Å². The van der Waals surface area contributed by atoms with Gasteiger partial charge in [0, 0.05) is 29.6 Å². The van der Waals surface area contributed by atoms with Crippen LogP contribution < -0.4 is 10.1 Å². The zero-order valence-corrected chi connectivity index (χ0v) is 20.3. The Morgan fingerprint density at radius 2 is 1.66 bits per heavy atom. The number of carbonyl (C=O) groups is 2. The van der Waals surface area contributed by atoms with Gasteiger partial charge in [-0.2, -0.15) is 0 Å². The number of hydrogen-bond acceptors (Lipinski definition) is 4. The van der Waals surface area contributed by atoms with Crippen LogP contribution in [-0.2, 0) is 10.2 Å². The van der Waals surface area contributed by atoms with Crippen molar-refractivity contribution in [3.05, 3.63) is 59.7 Å². The summed E-state index contributed by atoms with van der Waals surface area (Å²) in [6.45, 7) is 10.4. The molecule has 2 amide bonds. The number of nitrogens with one attached hydrogen (secondary N) is 1. The molecule has 2 aromatic carbocycles. The van der Waals surface area contributed by atoms with Crippen molar-refractivity contribution in [2.24, 2.45) is 0 Å². The number of rotatable bonds is 7. The number of ether oxygens (including phenoxy) is 1. The molecule has 2 aromatic rings. The van der Waals surface area contributed by atoms with E-state index >= 15 is 0 Å². The molecule has 0 radical (unpaired) electrons. The highest BCUT2D eigenvalue weighted by atomic mass is 32.2. The summed E-state index contributed by atoms with van der Waals surface area (Å²) < 4.78 is 5.44. The maximum Gasteiger partial charge on any atom is 0.253 e. The minimum Gasteiger partial charge on any atom is -0.494 e. The van der Waals surface area contributed by atoms with Gasteiger partial charge in [0.2, 0.25) is 5.91 Å². The second kappa shape index (κ2) is 10.9. The van der Waals surface area contributed by atoms with Crippen LogP contribution >= 0.6 is 11.8 Å². The van der Waals surface area contributed by atoms with E-state index in [-0.39, 0.29) is 23.3 Å². The molecular formula is C26H34N2O3S. The monoisotopic (exact) mass is 454 g/mol. The third kappa shape index (κ3) is 6.76. The van der Waals surface area contributed by atoms with E-state index in [1.165, 1.54) is 5.56 Å². The van der Waals surface area contributed by atoms with Gasteiger partial charge in [0.15, 0.2) is 0 Å². The van der Waals surface area contributed by atoms with Crippen molar-refractivity contribution >= 4 is 23.6 Å². The third-order valence-corrected chi connectivity index (χ3v) is 6.66. The number of likely N-dealkylation sites (tertiary alicyclic amines) is 1. The Kier molecular flexibility index (Phi) is 8.24. The highest BCUT2D eigenvalue weighted by Gasteiger charge is 2.24. The lowest BCUT2D eigenvalue weighted by molar-refractivity contribution is -0.119. The van der Waals surface area contributed by atoms with Crippen LogP contribution in [0.25, 0.3) is 0 Å². The molecule has 1 saturated heterocycles. The zero-order chi connectivity index (χ0) is 23.1. The molecule has 3 rings (SSSR count). The molecule has 1 aliphatic rings. The van der Waals surface area contributed by atoms with Gasteiger partial charge in [0.25, 0.3) is 5.91 Å². The van der Waals surface area contributed by atoms with Crippen molar-refractivity contribution in [3.8, 4) is 5.75 Å². The predicted octanol–water partition coefficient (Wildman–Crippen LogP) is 4.90. The van der Waals surface area contributed by atoms with Gasteiger partial charge in [-0.1, -0.05) is 32.9 Å². The van der Waals surface area contributed by atoms with E-state index in [2.05, 4.69) is 50.4 Å². The number of benzene rings is 2. The number of carbonyl (C=O) groups excluding carboxylic acids is 2. The van der Waals surface area contributed by atoms with Gasteiger partial charge in [0.05, 0.1) is 12.4 Å². The molecule has 1 fully saturated rings. The maximum atomic E-state index is 12.7. The topological polar surface area (TPSA) is 58.6 Å². The van der Waals surface area contributed by atoms with Crippen LogP contribution in [0.3, 0.4) is 0 Å². The maximum absolute atomic E-state index is 12.7. The van der Waals surface area contributed by atoms with Crippen molar-refractivity contribution in [3.63, 3.8) is 0 Å². The average molecular weight is 455 g/mol. The molecule has 5 nitrogen and oxygen atoms in total. The normalized spacial score (nSPS) is 14.8. The standard InChI is InChI=1S/C26H34N2O3S/c1-5-31-22-10-6-19(7-11-22)25(30)28-16-14-21(15-17-28)27-24(29)18-32-23-12-8-20(9-13-23)26(2,3)4/h6-13,21H,5,14-18H2,1-4H3,(H,27,29). The summed E-state index contributed by atoms with van der Waals surface area (Å²) >= 11 is 1.56. The highest BCUT2D eigenvalue weighted by Crippen LogP contribution is 2.25. The Labute approximate surface area is 195 Å². The molecule has 1 aliphatic heterocycles. The van der Waals surface area contributed by atoms with Crippen LogP contribution in [0.4, 0.5) is 0 Å². The van der Waals surface area contributed by atoms with Crippen LogP contribution in [0.2, 0.25) is 0 Å². The Balaban J connectivity index is 1.41. The lowest BCUT2D eigenvalue weighted by Crippen LogP contribution is -2.47. The summed E-state index contributed by atoms with van der Waals surface area (Å²) in [5.74, 6) is 1.26. The summed E-state index contributed by atoms with van der Waals surface area (Å²) in [6, 6.07) is 15.9. The van der Waals surface area contributed by atoms with Crippen LogP contribution in [-0.4, -0.2) is 48.2 Å². The van der Waals surface area contributed by atoms with E-state index in [9.17, 15) is 9.59 Å². The molecule has 0 aliphatic carbocycles. The first-order chi connectivity index (χ1) is 15.3. The number of hydrogen-bond donors (Lipinski definition) is 1. The molecule has 1 heterocycles. The lowest BCUT2D eigenvalue weighted by atomic mass is 9.87. The van der Waals surface area contributed by atoms with E-state index < -0.39 is 0 Å². The molecule has 0 spiro atoms. The largest absolute Gasteiger partial charge is 0.494 e. The first kappa shape index (κ1) is 24.2. The molecule has 0 atom stereocenters. The van der Waals surface area contributed by atoms with Crippen molar-refractivity contribution in [2.75, 3.05) is 25.4 Å². The van der Waals surface area contributed by atoms with E-state index in [1.807, 2.05) is 36.1 Å². The highest BCUT2D eigenvalue weighted by molar-refractivity contribution is 8.00. The summed E-state index contributed by atoms with van der Waals surface area (Å²) in [6.07, 6.45) is 1.55. The van der Waals surface area contributed by atoms with Gasteiger partial charge in [0.1, 0.15) is 5.75 Å². The number of thioether (sulfide) groups is 1. The smallest absolute Gasteiger partial charge is 0.253 e. The Hall–Kier alpha value is -2.47. The van der Waals surface area contributed by atoms with Crippen molar-refractivity contribution in [2.45, 2.75) is 56.9 Å². The van der Waals surface area contributed by atoms with E-state index in [1.54, 1.807) is 11.8 Å². The van der Waals surface area contributed by atoms with Gasteiger partial charge >= 0.3 is 0 Å². The second-order valence-corrected chi connectivity index (χ2v) is 10.2. The first-order valence-corrected chi connectivity index (χ1v) is 12.3. The average Bonchev–Trinajstić information content (AvgIpc) is 2.78. The summed E-state index contributed by atoms with van der Waals surface area (Å²) in [5.41, 5.74) is 2.09. The molecule has 1 N–H and O–H groups in total. The molecule has 6 heteroatoms. The van der Waals surface area contributed by atoms with Crippen molar-refractivity contribution in [1.82, 2.24) is 10.2 Å². The molecule has 172 valence electrons. The molecule has 32 heavy (non-hydrogen) atoms. The predicted molar refractivity (Wildman–Crippen MR) is 131 cm³/mol.